The summed E-state index contributed by atoms with van der Waals surface area (Å²) in [5, 5.41) is 0.195. The molecular formula is C11H21Cl. The van der Waals surface area contributed by atoms with E-state index in [9.17, 15) is 0 Å². The Morgan fingerprint density at radius 2 is 1.83 bits per heavy atom. The van der Waals surface area contributed by atoms with Crippen molar-refractivity contribution in [3.63, 3.8) is 0 Å². The number of allylic oxidation sites excluding steroid dienone is 2. The van der Waals surface area contributed by atoms with Crippen LogP contribution < -0.4 is 0 Å². The molecule has 0 nitrogen and oxygen atoms in total. The van der Waals surface area contributed by atoms with Crippen molar-refractivity contribution in [2.24, 2.45) is 0 Å². The van der Waals surface area contributed by atoms with Gasteiger partial charge in [-0.05, 0) is 19.8 Å². The topological polar surface area (TPSA) is 0 Å². The van der Waals surface area contributed by atoms with Crippen molar-refractivity contribution in [3.05, 3.63) is 12.2 Å². The molecule has 0 aromatic heterocycles. The van der Waals surface area contributed by atoms with Gasteiger partial charge in [0.15, 0.2) is 0 Å². The highest BCUT2D eigenvalue weighted by molar-refractivity contribution is 6.21. The molecule has 0 aliphatic carbocycles. The summed E-state index contributed by atoms with van der Waals surface area (Å²) in [4.78, 5) is 0. The summed E-state index contributed by atoms with van der Waals surface area (Å²) in [5.41, 5.74) is 0. The van der Waals surface area contributed by atoms with E-state index < -0.39 is 0 Å². The van der Waals surface area contributed by atoms with Crippen molar-refractivity contribution in [3.8, 4) is 0 Å². The fourth-order valence-electron chi connectivity index (χ4n) is 1.15. The quantitative estimate of drug-likeness (QED) is 0.313. The van der Waals surface area contributed by atoms with Gasteiger partial charge < -0.3 is 0 Å². The molecule has 0 amide bonds. The van der Waals surface area contributed by atoms with Gasteiger partial charge >= 0.3 is 0 Å². The molecule has 0 saturated heterocycles. The first kappa shape index (κ1) is 12.0. The minimum Gasteiger partial charge on any atom is -0.119 e. The van der Waals surface area contributed by atoms with Gasteiger partial charge in [0.1, 0.15) is 0 Å². The van der Waals surface area contributed by atoms with Crippen LogP contribution in [0.3, 0.4) is 0 Å². The van der Waals surface area contributed by atoms with Gasteiger partial charge in [-0.2, -0.15) is 0 Å². The monoisotopic (exact) mass is 188 g/mol. The molecule has 1 unspecified atom stereocenters. The summed E-state index contributed by atoms with van der Waals surface area (Å²) in [6.45, 7) is 4.24. The number of hydrogen-bond acceptors (Lipinski definition) is 0. The lowest BCUT2D eigenvalue weighted by molar-refractivity contribution is 0.637. The molecule has 72 valence electrons. The van der Waals surface area contributed by atoms with Gasteiger partial charge in [0, 0.05) is 5.38 Å². The molecule has 0 radical (unpaired) electrons. The number of hydrogen-bond donors (Lipinski definition) is 0. The minimum absolute atomic E-state index is 0.195. The Morgan fingerprint density at radius 3 is 2.42 bits per heavy atom. The van der Waals surface area contributed by atoms with Gasteiger partial charge in [0.05, 0.1) is 0 Å². The summed E-state index contributed by atoms with van der Waals surface area (Å²) < 4.78 is 0. The van der Waals surface area contributed by atoms with Crippen LogP contribution in [0.4, 0.5) is 0 Å². The highest BCUT2D eigenvalue weighted by Gasteiger charge is 1.88. The SMILES string of the molecule is CCCCCCCC=CC(C)Cl. The smallest absolute Gasteiger partial charge is 0.0487 e. The third kappa shape index (κ3) is 10.0. The maximum Gasteiger partial charge on any atom is 0.0487 e. The van der Waals surface area contributed by atoms with E-state index in [1.165, 1.54) is 38.5 Å². The maximum atomic E-state index is 5.75. The summed E-state index contributed by atoms with van der Waals surface area (Å²) in [5.74, 6) is 0. The van der Waals surface area contributed by atoms with Gasteiger partial charge in [-0.15, -0.1) is 11.6 Å². The van der Waals surface area contributed by atoms with Gasteiger partial charge in [0.25, 0.3) is 0 Å². The first-order chi connectivity index (χ1) is 5.77. The van der Waals surface area contributed by atoms with Crippen molar-refractivity contribution in [1.82, 2.24) is 0 Å². The van der Waals surface area contributed by atoms with Crippen molar-refractivity contribution < 1.29 is 0 Å². The van der Waals surface area contributed by atoms with Crippen molar-refractivity contribution in [2.75, 3.05) is 0 Å². The molecule has 0 spiro atoms. The van der Waals surface area contributed by atoms with Crippen LogP contribution >= 0.6 is 11.6 Å². The maximum absolute atomic E-state index is 5.75. The Bertz CT molecular complexity index is 106. The van der Waals surface area contributed by atoms with E-state index in [-0.39, 0.29) is 5.38 Å². The van der Waals surface area contributed by atoms with Gasteiger partial charge in [0.2, 0.25) is 0 Å². The first-order valence-electron chi connectivity index (χ1n) is 5.08. The van der Waals surface area contributed by atoms with E-state index in [2.05, 4.69) is 19.1 Å². The Balaban J connectivity index is 3.00. The second-order valence-corrected chi connectivity index (χ2v) is 4.00. The van der Waals surface area contributed by atoms with Crippen molar-refractivity contribution >= 4 is 11.6 Å². The van der Waals surface area contributed by atoms with Crippen LogP contribution in [0.5, 0.6) is 0 Å². The molecule has 0 aromatic rings. The number of alkyl halides is 1. The molecule has 1 atom stereocenters. The second kappa shape index (κ2) is 9.12. The first-order valence-corrected chi connectivity index (χ1v) is 5.51. The van der Waals surface area contributed by atoms with Gasteiger partial charge in [-0.1, -0.05) is 44.8 Å². The average Bonchev–Trinajstić information content (AvgIpc) is 2.02. The van der Waals surface area contributed by atoms with Crippen LogP contribution in [0.15, 0.2) is 12.2 Å². The molecule has 0 rings (SSSR count). The van der Waals surface area contributed by atoms with E-state index in [4.69, 9.17) is 11.6 Å². The lowest BCUT2D eigenvalue weighted by atomic mass is 10.1. The zero-order chi connectivity index (χ0) is 9.23. The van der Waals surface area contributed by atoms with Crippen molar-refractivity contribution in [1.29, 1.82) is 0 Å². The molecule has 0 N–H and O–H groups in total. The molecule has 0 bridgehead atoms. The van der Waals surface area contributed by atoms with Gasteiger partial charge in [-0.3, -0.25) is 0 Å². The van der Waals surface area contributed by atoms with E-state index in [0.29, 0.717) is 0 Å². The summed E-state index contributed by atoms with van der Waals surface area (Å²) in [6.07, 6.45) is 12.3. The predicted molar refractivity (Wildman–Crippen MR) is 57.8 cm³/mol. The number of unbranched alkanes of at least 4 members (excludes halogenated alkanes) is 5. The molecule has 0 saturated carbocycles. The Morgan fingerprint density at radius 1 is 1.17 bits per heavy atom. The van der Waals surface area contributed by atoms with Crippen LogP contribution in [0.2, 0.25) is 0 Å². The van der Waals surface area contributed by atoms with Crippen LogP contribution in [0.1, 0.15) is 52.4 Å². The Kier molecular flexibility index (Phi) is 9.14. The fraction of sp³-hybridized carbons (Fsp3) is 0.818. The molecular weight excluding hydrogens is 168 g/mol. The Labute approximate surface area is 82.0 Å². The predicted octanol–water partition coefficient (Wildman–Crippen LogP) is 4.53. The molecule has 0 fully saturated rings. The standard InChI is InChI=1S/C11H21Cl/c1-3-4-5-6-7-8-9-10-11(2)12/h9-11H,3-8H2,1-2H3. The van der Waals surface area contributed by atoms with E-state index in [1.54, 1.807) is 0 Å². The van der Waals surface area contributed by atoms with E-state index >= 15 is 0 Å². The molecule has 12 heavy (non-hydrogen) atoms. The zero-order valence-electron chi connectivity index (χ0n) is 8.35. The lowest BCUT2D eigenvalue weighted by Gasteiger charge is -1.96. The normalized spacial score (nSPS) is 13.9. The van der Waals surface area contributed by atoms with Crippen LogP contribution in [0.25, 0.3) is 0 Å². The Hall–Kier alpha value is 0.0300. The number of halogens is 1. The molecule has 0 aliphatic heterocycles. The summed E-state index contributed by atoms with van der Waals surface area (Å²) >= 11 is 5.75. The molecule has 0 aliphatic rings. The van der Waals surface area contributed by atoms with E-state index in [1.807, 2.05) is 6.92 Å². The molecule has 0 aromatic carbocycles. The molecule has 1 heteroatoms. The third-order valence-electron chi connectivity index (χ3n) is 1.88. The van der Waals surface area contributed by atoms with Crippen LogP contribution in [-0.4, -0.2) is 5.38 Å². The summed E-state index contributed by atoms with van der Waals surface area (Å²) in [6, 6.07) is 0. The second-order valence-electron chi connectivity index (χ2n) is 3.31. The van der Waals surface area contributed by atoms with Crippen LogP contribution in [-0.2, 0) is 0 Å². The van der Waals surface area contributed by atoms with E-state index in [0.717, 1.165) is 0 Å². The minimum atomic E-state index is 0.195. The molecule has 0 heterocycles. The van der Waals surface area contributed by atoms with Crippen LogP contribution in [0, 0.1) is 0 Å². The number of rotatable bonds is 7. The van der Waals surface area contributed by atoms with Gasteiger partial charge in [-0.25, -0.2) is 0 Å². The fourth-order valence-corrected chi connectivity index (χ4v) is 1.25. The highest BCUT2D eigenvalue weighted by Crippen LogP contribution is 2.06. The van der Waals surface area contributed by atoms with Crippen molar-refractivity contribution in [2.45, 2.75) is 57.7 Å². The lowest BCUT2D eigenvalue weighted by Crippen LogP contribution is -1.81. The highest BCUT2D eigenvalue weighted by atomic mass is 35.5. The third-order valence-corrected chi connectivity index (χ3v) is 2.02. The largest absolute Gasteiger partial charge is 0.119 e. The summed E-state index contributed by atoms with van der Waals surface area (Å²) in [7, 11) is 0. The zero-order valence-corrected chi connectivity index (χ0v) is 9.11. The average molecular weight is 189 g/mol.